The summed E-state index contributed by atoms with van der Waals surface area (Å²) in [5.74, 6) is 0.297. The molecular formula is C10H4Cl3NO2S2. The fraction of sp³-hybridized carbons (Fsp3) is 0. The number of carbonyl (C=O) groups excluding carboxylic acids is 1. The lowest BCUT2D eigenvalue weighted by Gasteiger charge is -2.03. The number of para-hydroxylation sites is 1. The maximum Gasteiger partial charge on any atom is 0.379 e. The van der Waals surface area contributed by atoms with Crippen molar-refractivity contribution in [3.8, 4) is 5.75 Å². The van der Waals surface area contributed by atoms with Crippen molar-refractivity contribution >= 4 is 63.2 Å². The van der Waals surface area contributed by atoms with E-state index in [4.69, 9.17) is 39.5 Å². The zero-order valence-corrected chi connectivity index (χ0v) is 12.4. The van der Waals surface area contributed by atoms with Crippen LogP contribution in [0.2, 0.25) is 14.5 Å². The molecule has 0 radical (unpaired) electrons. The van der Waals surface area contributed by atoms with Gasteiger partial charge in [0.1, 0.15) is 10.1 Å². The average Bonchev–Trinajstić information content (AvgIpc) is 2.61. The second-order valence-electron chi connectivity index (χ2n) is 2.93. The number of halogens is 3. The van der Waals surface area contributed by atoms with E-state index < -0.39 is 5.30 Å². The molecule has 1 heterocycles. The van der Waals surface area contributed by atoms with Gasteiger partial charge in [0.15, 0.2) is 9.49 Å². The summed E-state index contributed by atoms with van der Waals surface area (Å²) in [6, 6.07) is 6.69. The molecule has 1 aromatic heterocycles. The number of thioether (sulfide) groups is 1. The Labute approximate surface area is 126 Å². The number of hydrogen-bond donors (Lipinski definition) is 0. The van der Waals surface area contributed by atoms with Crippen LogP contribution in [0, 0.1) is 0 Å². The molecule has 0 aliphatic heterocycles. The zero-order chi connectivity index (χ0) is 13.1. The van der Waals surface area contributed by atoms with Crippen molar-refractivity contribution in [2.45, 2.75) is 4.34 Å². The summed E-state index contributed by atoms with van der Waals surface area (Å²) in [5, 5.41) is -0.0125. The highest BCUT2D eigenvalue weighted by molar-refractivity contribution is 8.14. The molecule has 0 aliphatic rings. The lowest BCUT2D eigenvalue weighted by Crippen LogP contribution is -2.00. The smallest absolute Gasteiger partial charge is 0.379 e. The average molecular weight is 341 g/mol. The lowest BCUT2D eigenvalue weighted by molar-refractivity contribution is 0.227. The Hall–Kier alpha value is -0.460. The molecule has 0 unspecified atom stereocenters. The first kappa shape index (κ1) is 14.0. The van der Waals surface area contributed by atoms with Crippen molar-refractivity contribution in [2.75, 3.05) is 0 Å². The quantitative estimate of drug-likeness (QED) is 0.542. The Morgan fingerprint density at radius 3 is 2.61 bits per heavy atom. The van der Waals surface area contributed by atoms with Crippen LogP contribution in [0.5, 0.6) is 5.75 Å². The standard InChI is InChI=1S/C10H4Cl3NO2S2/c11-5-3-1-2-4-6(5)16-10(15)18-9-14-7(12)8(13)17-9/h1-4H. The summed E-state index contributed by atoms with van der Waals surface area (Å²) in [5.41, 5.74) is 0. The normalized spacial score (nSPS) is 10.4. The fourth-order valence-corrected chi connectivity index (χ4v) is 3.34. The highest BCUT2D eigenvalue weighted by Gasteiger charge is 2.14. The third kappa shape index (κ3) is 3.52. The van der Waals surface area contributed by atoms with E-state index in [2.05, 4.69) is 4.98 Å². The van der Waals surface area contributed by atoms with Crippen LogP contribution in [0.3, 0.4) is 0 Å². The van der Waals surface area contributed by atoms with Crippen molar-refractivity contribution in [3.63, 3.8) is 0 Å². The molecule has 0 bridgehead atoms. The van der Waals surface area contributed by atoms with Gasteiger partial charge in [0.25, 0.3) is 0 Å². The molecule has 94 valence electrons. The van der Waals surface area contributed by atoms with Gasteiger partial charge in [-0.05, 0) is 12.1 Å². The molecule has 1 aromatic carbocycles. The van der Waals surface area contributed by atoms with Gasteiger partial charge in [-0.3, -0.25) is 0 Å². The Bertz CT molecular complexity index is 569. The maximum atomic E-state index is 11.6. The number of thiazole rings is 1. The fourth-order valence-electron chi connectivity index (χ4n) is 1.02. The number of hydrogen-bond acceptors (Lipinski definition) is 5. The van der Waals surface area contributed by atoms with Gasteiger partial charge in [-0.1, -0.05) is 58.3 Å². The second kappa shape index (κ2) is 6.12. The van der Waals surface area contributed by atoms with Crippen LogP contribution in [0.15, 0.2) is 28.6 Å². The molecule has 0 saturated heterocycles. The molecule has 3 nitrogen and oxygen atoms in total. The van der Waals surface area contributed by atoms with Gasteiger partial charge in [-0.15, -0.1) is 0 Å². The summed E-state index contributed by atoms with van der Waals surface area (Å²) in [4.78, 5) is 15.5. The first-order valence-electron chi connectivity index (χ1n) is 4.52. The van der Waals surface area contributed by atoms with Gasteiger partial charge in [-0.25, -0.2) is 9.78 Å². The van der Waals surface area contributed by atoms with E-state index in [0.717, 1.165) is 23.1 Å². The molecule has 0 spiro atoms. The Morgan fingerprint density at radius 1 is 1.28 bits per heavy atom. The van der Waals surface area contributed by atoms with E-state index >= 15 is 0 Å². The molecule has 8 heteroatoms. The van der Waals surface area contributed by atoms with E-state index in [1.165, 1.54) is 0 Å². The van der Waals surface area contributed by atoms with Gasteiger partial charge in [0.2, 0.25) is 0 Å². The van der Waals surface area contributed by atoms with Crippen molar-refractivity contribution in [1.82, 2.24) is 4.98 Å². The molecule has 0 saturated carbocycles. The maximum absolute atomic E-state index is 11.6. The number of rotatable bonds is 2. The Balaban J connectivity index is 2.03. The van der Waals surface area contributed by atoms with E-state index in [0.29, 0.717) is 19.4 Å². The minimum absolute atomic E-state index is 0.176. The molecule has 2 aromatic rings. The molecule has 0 fully saturated rings. The van der Waals surface area contributed by atoms with Gasteiger partial charge < -0.3 is 4.74 Å². The summed E-state index contributed by atoms with van der Waals surface area (Å²) >= 11 is 19.2. The van der Waals surface area contributed by atoms with Crippen LogP contribution >= 0.6 is 57.9 Å². The minimum atomic E-state index is -0.551. The summed E-state index contributed by atoms with van der Waals surface area (Å²) < 4.78 is 5.83. The molecule has 0 atom stereocenters. The van der Waals surface area contributed by atoms with Gasteiger partial charge in [0.05, 0.1) is 5.02 Å². The molecule has 0 aliphatic carbocycles. The molecule has 18 heavy (non-hydrogen) atoms. The SMILES string of the molecule is O=C(Oc1ccccc1Cl)Sc1nc(Cl)c(Cl)s1. The number of nitrogens with zero attached hydrogens (tertiary/aromatic N) is 1. The van der Waals surface area contributed by atoms with Crippen molar-refractivity contribution in [1.29, 1.82) is 0 Å². The Morgan fingerprint density at radius 2 is 2.00 bits per heavy atom. The number of aromatic nitrogens is 1. The van der Waals surface area contributed by atoms with Gasteiger partial charge >= 0.3 is 5.30 Å². The van der Waals surface area contributed by atoms with E-state index in [1.54, 1.807) is 24.3 Å². The van der Waals surface area contributed by atoms with Crippen LogP contribution in [0.1, 0.15) is 0 Å². The van der Waals surface area contributed by atoms with Crippen LogP contribution in [0.25, 0.3) is 0 Å². The van der Waals surface area contributed by atoms with Crippen molar-refractivity contribution in [2.24, 2.45) is 0 Å². The predicted octanol–water partition coefficient (Wildman–Crippen LogP) is 5.39. The van der Waals surface area contributed by atoms with E-state index in [-0.39, 0.29) is 5.15 Å². The predicted molar refractivity (Wildman–Crippen MR) is 75.5 cm³/mol. The zero-order valence-electron chi connectivity index (χ0n) is 8.52. The van der Waals surface area contributed by atoms with Gasteiger partial charge in [-0.2, -0.15) is 0 Å². The molecule has 0 amide bonds. The van der Waals surface area contributed by atoms with Crippen LogP contribution < -0.4 is 4.74 Å². The van der Waals surface area contributed by atoms with Crippen LogP contribution in [-0.2, 0) is 0 Å². The second-order valence-corrected chi connectivity index (χ2v) is 6.48. The van der Waals surface area contributed by atoms with Crippen molar-refractivity contribution < 1.29 is 9.53 Å². The third-order valence-corrected chi connectivity index (χ3v) is 4.59. The monoisotopic (exact) mass is 339 g/mol. The number of ether oxygens (including phenoxy) is 1. The minimum Gasteiger partial charge on any atom is -0.417 e. The summed E-state index contributed by atoms with van der Waals surface area (Å²) in [7, 11) is 0. The molecular weight excluding hydrogens is 337 g/mol. The summed E-state index contributed by atoms with van der Waals surface area (Å²) in [6.45, 7) is 0. The third-order valence-electron chi connectivity index (χ3n) is 1.73. The van der Waals surface area contributed by atoms with Crippen molar-refractivity contribution in [3.05, 3.63) is 38.8 Å². The highest BCUT2D eigenvalue weighted by Crippen LogP contribution is 2.35. The van der Waals surface area contributed by atoms with Crippen LogP contribution in [0.4, 0.5) is 4.79 Å². The van der Waals surface area contributed by atoms with E-state index in [1.807, 2.05) is 0 Å². The number of benzene rings is 1. The Kier molecular flexibility index (Phi) is 4.75. The van der Waals surface area contributed by atoms with E-state index in [9.17, 15) is 4.79 Å². The highest BCUT2D eigenvalue weighted by atomic mass is 35.5. The topological polar surface area (TPSA) is 39.2 Å². The number of carbonyl (C=O) groups is 1. The molecule has 0 N–H and O–H groups in total. The van der Waals surface area contributed by atoms with Gasteiger partial charge in [0, 0.05) is 11.8 Å². The first-order valence-corrected chi connectivity index (χ1v) is 7.29. The first-order chi connectivity index (χ1) is 8.56. The lowest BCUT2D eigenvalue weighted by atomic mass is 10.3. The summed E-state index contributed by atoms with van der Waals surface area (Å²) in [6.07, 6.45) is 0. The van der Waals surface area contributed by atoms with Crippen LogP contribution in [-0.4, -0.2) is 10.3 Å². The molecule has 2 rings (SSSR count). The largest absolute Gasteiger partial charge is 0.417 e.